The Bertz CT molecular complexity index is 599. The molecule has 0 aliphatic carbocycles. The Balaban J connectivity index is 1.91. The van der Waals surface area contributed by atoms with Crippen molar-refractivity contribution in [1.82, 2.24) is 25.0 Å². The van der Waals surface area contributed by atoms with Gasteiger partial charge in [-0.2, -0.15) is 0 Å². The van der Waals surface area contributed by atoms with Crippen molar-refractivity contribution >= 4 is 23.8 Å². The van der Waals surface area contributed by atoms with Crippen LogP contribution in [0, 0.1) is 0 Å². The summed E-state index contributed by atoms with van der Waals surface area (Å²) in [4.78, 5) is 25.2. The van der Waals surface area contributed by atoms with Crippen LogP contribution >= 0.6 is 11.8 Å². The summed E-state index contributed by atoms with van der Waals surface area (Å²) in [5, 5.41) is 11.2. The topological polar surface area (TPSA) is 89.4 Å². The summed E-state index contributed by atoms with van der Waals surface area (Å²) in [6, 6.07) is 0. The Morgan fingerprint density at radius 3 is 2.76 bits per heavy atom. The summed E-state index contributed by atoms with van der Waals surface area (Å²) < 4.78 is 6.36. The van der Waals surface area contributed by atoms with E-state index in [-0.39, 0.29) is 5.75 Å². The molecule has 2 amide bonds. The average molecular weight is 367 g/mol. The summed E-state index contributed by atoms with van der Waals surface area (Å²) in [5.41, 5.74) is 0. The highest BCUT2D eigenvalue weighted by Gasteiger charge is 2.16. The van der Waals surface area contributed by atoms with Crippen LogP contribution in [-0.2, 0) is 22.5 Å². The molecule has 0 radical (unpaired) electrons. The van der Waals surface area contributed by atoms with Gasteiger partial charge < -0.3 is 14.2 Å². The SMILES string of the molecule is C=CCn1c(CCN2CCCCC2)nnc1SCC(=O)NC(=O)OC. The second-order valence-electron chi connectivity index (χ2n) is 5.78. The van der Waals surface area contributed by atoms with Crippen molar-refractivity contribution in [3.05, 3.63) is 18.5 Å². The summed E-state index contributed by atoms with van der Waals surface area (Å²) in [6.45, 7) is 7.61. The number of nitrogens with zero attached hydrogens (tertiary/aromatic N) is 4. The maximum absolute atomic E-state index is 11.7. The molecule has 0 atom stereocenters. The number of alkyl carbamates (subject to hydrolysis) is 1. The van der Waals surface area contributed by atoms with E-state index in [0.717, 1.165) is 31.9 Å². The number of hydrogen-bond donors (Lipinski definition) is 1. The molecule has 1 aromatic rings. The Morgan fingerprint density at radius 2 is 2.08 bits per heavy atom. The molecule has 0 bridgehead atoms. The Morgan fingerprint density at radius 1 is 1.32 bits per heavy atom. The zero-order valence-electron chi connectivity index (χ0n) is 14.6. The van der Waals surface area contributed by atoms with Gasteiger partial charge in [0, 0.05) is 19.5 Å². The molecule has 0 spiro atoms. The number of amides is 2. The fourth-order valence-corrected chi connectivity index (χ4v) is 3.46. The smallest absolute Gasteiger partial charge is 0.413 e. The molecular formula is C16H25N5O3S. The number of aromatic nitrogens is 3. The van der Waals surface area contributed by atoms with Gasteiger partial charge in [-0.25, -0.2) is 4.79 Å². The van der Waals surface area contributed by atoms with Gasteiger partial charge in [-0.05, 0) is 25.9 Å². The molecule has 8 nitrogen and oxygen atoms in total. The number of carbonyl (C=O) groups is 2. The molecule has 2 rings (SSSR count). The number of rotatable bonds is 8. The van der Waals surface area contributed by atoms with Crippen LogP contribution in [0.1, 0.15) is 25.1 Å². The van der Waals surface area contributed by atoms with Gasteiger partial charge in [0.1, 0.15) is 5.82 Å². The van der Waals surface area contributed by atoms with Crippen LogP contribution in [0.15, 0.2) is 17.8 Å². The van der Waals surface area contributed by atoms with Gasteiger partial charge in [-0.15, -0.1) is 16.8 Å². The normalized spacial score (nSPS) is 14.9. The number of methoxy groups -OCH3 is 1. The minimum atomic E-state index is -0.764. The second-order valence-corrected chi connectivity index (χ2v) is 6.72. The highest BCUT2D eigenvalue weighted by atomic mass is 32.2. The molecule has 1 N–H and O–H groups in total. The molecule has 2 heterocycles. The molecule has 0 unspecified atom stereocenters. The third-order valence-electron chi connectivity index (χ3n) is 3.96. The third-order valence-corrected chi connectivity index (χ3v) is 4.93. The molecule has 25 heavy (non-hydrogen) atoms. The van der Waals surface area contributed by atoms with E-state index in [9.17, 15) is 9.59 Å². The first-order chi connectivity index (χ1) is 12.1. The number of likely N-dealkylation sites (tertiary alicyclic amines) is 1. The Labute approximate surface area is 152 Å². The van der Waals surface area contributed by atoms with Crippen LogP contribution in [0.5, 0.6) is 0 Å². The minimum Gasteiger partial charge on any atom is -0.453 e. The lowest BCUT2D eigenvalue weighted by Crippen LogP contribution is -2.32. The number of carbonyl (C=O) groups excluding carboxylic acids is 2. The minimum absolute atomic E-state index is 0.0660. The van der Waals surface area contributed by atoms with Crippen LogP contribution in [0.25, 0.3) is 0 Å². The maximum Gasteiger partial charge on any atom is 0.413 e. The predicted molar refractivity (Wildman–Crippen MR) is 95.5 cm³/mol. The van der Waals surface area contributed by atoms with Gasteiger partial charge in [0.2, 0.25) is 5.91 Å². The van der Waals surface area contributed by atoms with Crippen LogP contribution in [0.2, 0.25) is 0 Å². The molecule has 1 aliphatic rings. The van der Waals surface area contributed by atoms with Crippen molar-refractivity contribution in [2.45, 2.75) is 37.4 Å². The number of hydrogen-bond acceptors (Lipinski definition) is 7. The van der Waals surface area contributed by atoms with E-state index < -0.39 is 12.0 Å². The fraction of sp³-hybridized carbons (Fsp3) is 0.625. The quantitative estimate of drug-likeness (QED) is 0.550. The summed E-state index contributed by atoms with van der Waals surface area (Å²) in [5.74, 6) is 0.525. The first kappa shape index (κ1) is 19.5. The van der Waals surface area contributed by atoms with Crippen LogP contribution in [0.3, 0.4) is 0 Å². The molecule has 1 fully saturated rings. The number of thioether (sulfide) groups is 1. The lowest BCUT2D eigenvalue weighted by atomic mass is 10.1. The van der Waals surface area contributed by atoms with Crippen molar-refractivity contribution in [3.8, 4) is 0 Å². The summed E-state index contributed by atoms with van der Waals surface area (Å²) in [6.07, 6.45) is 5.67. The molecular weight excluding hydrogens is 342 g/mol. The highest BCUT2D eigenvalue weighted by molar-refractivity contribution is 7.99. The van der Waals surface area contributed by atoms with E-state index in [1.807, 2.05) is 4.57 Å². The van der Waals surface area contributed by atoms with E-state index in [1.165, 1.54) is 38.1 Å². The number of ether oxygens (including phenoxy) is 1. The Hall–Kier alpha value is -1.87. The third kappa shape index (κ3) is 6.17. The van der Waals surface area contributed by atoms with E-state index in [1.54, 1.807) is 6.08 Å². The predicted octanol–water partition coefficient (Wildman–Crippen LogP) is 1.47. The van der Waals surface area contributed by atoms with Crippen molar-refractivity contribution in [1.29, 1.82) is 0 Å². The zero-order chi connectivity index (χ0) is 18.1. The summed E-state index contributed by atoms with van der Waals surface area (Å²) in [7, 11) is 1.21. The molecule has 0 saturated carbocycles. The van der Waals surface area contributed by atoms with Gasteiger partial charge in [0.05, 0.1) is 12.9 Å². The second kappa shape index (κ2) is 10.2. The van der Waals surface area contributed by atoms with Crippen LogP contribution in [-0.4, -0.2) is 64.2 Å². The van der Waals surface area contributed by atoms with Crippen molar-refractivity contribution in [3.63, 3.8) is 0 Å². The number of imide groups is 1. The number of piperidine rings is 1. The first-order valence-electron chi connectivity index (χ1n) is 8.40. The number of allylic oxidation sites excluding steroid dienone is 1. The zero-order valence-corrected chi connectivity index (χ0v) is 15.4. The first-order valence-corrected chi connectivity index (χ1v) is 9.38. The molecule has 138 valence electrons. The highest BCUT2D eigenvalue weighted by Crippen LogP contribution is 2.18. The van der Waals surface area contributed by atoms with Crippen LogP contribution < -0.4 is 5.32 Å². The lowest BCUT2D eigenvalue weighted by molar-refractivity contribution is -0.117. The lowest BCUT2D eigenvalue weighted by Gasteiger charge is -2.26. The maximum atomic E-state index is 11.7. The van der Waals surface area contributed by atoms with Gasteiger partial charge in [0.15, 0.2) is 5.16 Å². The van der Waals surface area contributed by atoms with Gasteiger partial charge >= 0.3 is 6.09 Å². The number of nitrogens with one attached hydrogen (secondary N) is 1. The fourth-order valence-electron chi connectivity index (χ4n) is 2.70. The van der Waals surface area contributed by atoms with Gasteiger partial charge in [0.25, 0.3) is 0 Å². The van der Waals surface area contributed by atoms with E-state index in [0.29, 0.717) is 11.7 Å². The molecule has 1 aromatic heterocycles. The molecule has 0 aromatic carbocycles. The van der Waals surface area contributed by atoms with Crippen LogP contribution in [0.4, 0.5) is 4.79 Å². The van der Waals surface area contributed by atoms with E-state index in [4.69, 9.17) is 0 Å². The van der Waals surface area contributed by atoms with Gasteiger partial charge in [-0.3, -0.25) is 10.1 Å². The average Bonchev–Trinajstić information content (AvgIpc) is 3.01. The van der Waals surface area contributed by atoms with Crippen molar-refractivity contribution in [2.75, 3.05) is 32.5 Å². The monoisotopic (exact) mass is 367 g/mol. The van der Waals surface area contributed by atoms with Crippen molar-refractivity contribution in [2.24, 2.45) is 0 Å². The molecule has 9 heteroatoms. The van der Waals surface area contributed by atoms with E-state index >= 15 is 0 Å². The van der Waals surface area contributed by atoms with E-state index in [2.05, 4.69) is 31.7 Å². The largest absolute Gasteiger partial charge is 0.453 e. The van der Waals surface area contributed by atoms with Crippen molar-refractivity contribution < 1.29 is 14.3 Å². The molecule has 1 aliphatic heterocycles. The summed E-state index contributed by atoms with van der Waals surface area (Å²) >= 11 is 1.24. The van der Waals surface area contributed by atoms with Gasteiger partial charge in [-0.1, -0.05) is 24.3 Å². The standard InChI is InChI=1S/C16H25N5O3S/c1-3-8-21-13(7-11-20-9-5-4-6-10-20)18-19-15(21)25-12-14(22)17-16(23)24-2/h3H,1,4-12H2,2H3,(H,17,22,23). The Kier molecular flexibility index (Phi) is 7.93. The molecule has 1 saturated heterocycles.